The third-order valence-electron chi connectivity index (χ3n) is 2.89. The molecule has 1 heterocycles. The van der Waals surface area contributed by atoms with Crippen molar-refractivity contribution in [2.24, 2.45) is 11.1 Å². The molecule has 0 radical (unpaired) electrons. The molecule has 4 heteroatoms. The molecule has 2 atom stereocenters. The molecule has 0 aromatic carbocycles. The summed E-state index contributed by atoms with van der Waals surface area (Å²) < 4.78 is 0. The van der Waals surface area contributed by atoms with Gasteiger partial charge < -0.3 is 15.7 Å². The van der Waals surface area contributed by atoms with E-state index in [-0.39, 0.29) is 17.5 Å². The van der Waals surface area contributed by atoms with Gasteiger partial charge in [0.25, 0.3) is 0 Å². The Morgan fingerprint density at radius 3 is 2.50 bits per heavy atom. The van der Waals surface area contributed by atoms with Gasteiger partial charge in [0.15, 0.2) is 0 Å². The van der Waals surface area contributed by atoms with Gasteiger partial charge in [-0.15, -0.1) is 0 Å². The van der Waals surface area contributed by atoms with Gasteiger partial charge in [0.05, 0.1) is 0 Å². The SMILES string of the molecule is CC(C)(C)C1CC(N)CCN1C(=O)O. The second kappa shape index (κ2) is 3.77. The largest absolute Gasteiger partial charge is 0.465 e. The average Bonchev–Trinajstić information content (AvgIpc) is 2.01. The van der Waals surface area contributed by atoms with Crippen LogP contribution in [0, 0.1) is 5.41 Å². The van der Waals surface area contributed by atoms with Crippen LogP contribution in [0.5, 0.6) is 0 Å². The molecule has 1 fully saturated rings. The molecule has 4 nitrogen and oxygen atoms in total. The van der Waals surface area contributed by atoms with Crippen molar-refractivity contribution in [2.75, 3.05) is 6.54 Å². The molecule has 0 saturated carbocycles. The van der Waals surface area contributed by atoms with Crippen molar-refractivity contribution < 1.29 is 9.90 Å². The second-order valence-electron chi connectivity index (χ2n) is 5.14. The number of hydrogen-bond acceptors (Lipinski definition) is 2. The molecule has 0 aliphatic carbocycles. The molecule has 82 valence electrons. The summed E-state index contributed by atoms with van der Waals surface area (Å²) in [6, 6.07) is 0.193. The average molecular weight is 200 g/mol. The summed E-state index contributed by atoms with van der Waals surface area (Å²) in [7, 11) is 0. The van der Waals surface area contributed by atoms with E-state index in [1.165, 1.54) is 4.90 Å². The zero-order valence-electron chi connectivity index (χ0n) is 9.16. The fourth-order valence-corrected chi connectivity index (χ4v) is 2.04. The van der Waals surface area contributed by atoms with Crippen LogP contribution in [0.2, 0.25) is 0 Å². The maximum absolute atomic E-state index is 11.0. The Bertz CT molecular complexity index is 223. The summed E-state index contributed by atoms with van der Waals surface area (Å²) in [5, 5.41) is 9.04. The maximum Gasteiger partial charge on any atom is 0.407 e. The first-order valence-electron chi connectivity index (χ1n) is 5.07. The topological polar surface area (TPSA) is 66.6 Å². The van der Waals surface area contributed by atoms with Crippen LogP contribution in [0.15, 0.2) is 0 Å². The number of amides is 1. The van der Waals surface area contributed by atoms with Gasteiger partial charge in [-0.25, -0.2) is 4.79 Å². The van der Waals surface area contributed by atoms with E-state index >= 15 is 0 Å². The number of rotatable bonds is 0. The molecular weight excluding hydrogens is 180 g/mol. The molecular formula is C10H20N2O2. The van der Waals surface area contributed by atoms with Crippen LogP contribution in [0.1, 0.15) is 33.6 Å². The fraction of sp³-hybridized carbons (Fsp3) is 0.900. The fourth-order valence-electron chi connectivity index (χ4n) is 2.04. The van der Waals surface area contributed by atoms with Crippen LogP contribution in [-0.4, -0.2) is 34.7 Å². The van der Waals surface area contributed by atoms with Gasteiger partial charge in [0.1, 0.15) is 0 Å². The Hall–Kier alpha value is -0.770. The van der Waals surface area contributed by atoms with Gasteiger partial charge >= 0.3 is 6.09 Å². The van der Waals surface area contributed by atoms with E-state index in [9.17, 15) is 4.79 Å². The van der Waals surface area contributed by atoms with Gasteiger partial charge in [-0.1, -0.05) is 20.8 Å². The van der Waals surface area contributed by atoms with Crippen molar-refractivity contribution in [3.8, 4) is 0 Å². The zero-order valence-corrected chi connectivity index (χ0v) is 9.16. The van der Waals surface area contributed by atoms with E-state index in [2.05, 4.69) is 20.8 Å². The number of hydrogen-bond donors (Lipinski definition) is 2. The highest BCUT2D eigenvalue weighted by molar-refractivity contribution is 5.65. The van der Waals surface area contributed by atoms with Crippen LogP contribution in [0.3, 0.4) is 0 Å². The maximum atomic E-state index is 11.0. The summed E-state index contributed by atoms with van der Waals surface area (Å²) in [5.74, 6) is 0. The van der Waals surface area contributed by atoms with Crippen molar-refractivity contribution in [3.05, 3.63) is 0 Å². The molecule has 0 bridgehead atoms. The quantitative estimate of drug-likeness (QED) is 0.622. The molecule has 1 rings (SSSR count). The molecule has 3 N–H and O–H groups in total. The zero-order chi connectivity index (χ0) is 10.9. The van der Waals surface area contributed by atoms with E-state index in [1.54, 1.807) is 0 Å². The number of nitrogens with zero attached hydrogens (tertiary/aromatic N) is 1. The number of nitrogens with two attached hydrogens (primary N) is 1. The highest BCUT2D eigenvalue weighted by atomic mass is 16.4. The molecule has 0 aromatic rings. The van der Waals surface area contributed by atoms with Crippen LogP contribution in [0.25, 0.3) is 0 Å². The molecule has 1 amide bonds. The lowest BCUT2D eigenvalue weighted by Gasteiger charge is -2.43. The third-order valence-corrected chi connectivity index (χ3v) is 2.89. The predicted octanol–water partition coefficient (Wildman–Crippen LogP) is 1.50. The third kappa shape index (κ3) is 2.38. The lowest BCUT2D eigenvalue weighted by Crippen LogP contribution is -2.54. The van der Waals surface area contributed by atoms with Crippen molar-refractivity contribution >= 4 is 6.09 Å². The van der Waals surface area contributed by atoms with Crippen LogP contribution < -0.4 is 5.73 Å². The Morgan fingerprint density at radius 2 is 2.07 bits per heavy atom. The van der Waals surface area contributed by atoms with Crippen molar-refractivity contribution in [1.82, 2.24) is 4.90 Å². The Morgan fingerprint density at radius 1 is 1.50 bits per heavy atom. The normalized spacial score (nSPS) is 29.0. The molecule has 0 aromatic heterocycles. The van der Waals surface area contributed by atoms with Crippen LogP contribution in [0.4, 0.5) is 4.79 Å². The number of piperidine rings is 1. The minimum atomic E-state index is -0.822. The standard InChI is InChI=1S/C10H20N2O2/c1-10(2,3)8-6-7(11)4-5-12(8)9(13)14/h7-8H,4-6,11H2,1-3H3,(H,13,14). The van der Waals surface area contributed by atoms with Gasteiger partial charge in [0.2, 0.25) is 0 Å². The second-order valence-corrected chi connectivity index (χ2v) is 5.14. The molecule has 2 unspecified atom stereocenters. The Labute approximate surface area is 85.1 Å². The van der Waals surface area contributed by atoms with E-state index in [1.807, 2.05) is 0 Å². The van der Waals surface area contributed by atoms with E-state index in [0.29, 0.717) is 6.54 Å². The van der Waals surface area contributed by atoms with Crippen LogP contribution >= 0.6 is 0 Å². The van der Waals surface area contributed by atoms with E-state index in [4.69, 9.17) is 10.8 Å². The molecule has 1 saturated heterocycles. The van der Waals surface area contributed by atoms with Crippen LogP contribution in [-0.2, 0) is 0 Å². The molecule has 0 spiro atoms. The number of likely N-dealkylation sites (tertiary alicyclic amines) is 1. The minimum absolute atomic E-state index is 0.0313. The van der Waals surface area contributed by atoms with Crippen molar-refractivity contribution in [1.29, 1.82) is 0 Å². The minimum Gasteiger partial charge on any atom is -0.465 e. The van der Waals surface area contributed by atoms with E-state index in [0.717, 1.165) is 12.8 Å². The van der Waals surface area contributed by atoms with Gasteiger partial charge in [0, 0.05) is 18.6 Å². The summed E-state index contributed by atoms with van der Waals surface area (Å²) in [5.41, 5.74) is 5.83. The summed E-state index contributed by atoms with van der Waals surface area (Å²) in [4.78, 5) is 12.5. The highest BCUT2D eigenvalue weighted by Crippen LogP contribution is 2.31. The monoisotopic (exact) mass is 200 g/mol. The lowest BCUT2D eigenvalue weighted by molar-refractivity contribution is 0.0535. The summed E-state index contributed by atoms with van der Waals surface area (Å²) >= 11 is 0. The molecule has 1 aliphatic rings. The molecule has 14 heavy (non-hydrogen) atoms. The summed E-state index contributed by atoms with van der Waals surface area (Å²) in [6.45, 7) is 6.75. The highest BCUT2D eigenvalue weighted by Gasteiger charge is 2.37. The first-order chi connectivity index (χ1) is 6.32. The van der Waals surface area contributed by atoms with Crippen molar-refractivity contribution in [2.45, 2.75) is 45.7 Å². The molecule has 1 aliphatic heterocycles. The smallest absolute Gasteiger partial charge is 0.407 e. The number of carboxylic acid groups (broad SMARTS) is 1. The first kappa shape index (κ1) is 11.3. The van der Waals surface area contributed by atoms with Gasteiger partial charge in [-0.2, -0.15) is 0 Å². The first-order valence-corrected chi connectivity index (χ1v) is 5.07. The lowest BCUT2D eigenvalue weighted by atomic mass is 9.79. The predicted molar refractivity (Wildman–Crippen MR) is 55.2 cm³/mol. The summed E-state index contributed by atoms with van der Waals surface area (Å²) in [6.07, 6.45) is 0.728. The Kier molecular flexibility index (Phi) is 3.04. The van der Waals surface area contributed by atoms with E-state index < -0.39 is 6.09 Å². The number of carbonyl (C=O) groups is 1. The van der Waals surface area contributed by atoms with Gasteiger partial charge in [-0.3, -0.25) is 0 Å². The van der Waals surface area contributed by atoms with Crippen molar-refractivity contribution in [3.63, 3.8) is 0 Å². The Balaban J connectivity index is 2.79. The van der Waals surface area contributed by atoms with Gasteiger partial charge in [-0.05, 0) is 18.3 Å².